The molecule has 1 aromatic rings. The third kappa shape index (κ3) is 3.14. The molecule has 2 rings (SSSR count). The zero-order valence-corrected chi connectivity index (χ0v) is 12.2. The summed E-state index contributed by atoms with van der Waals surface area (Å²) in [4.78, 5) is 12.0. The average molecular weight is 322 g/mol. The van der Waals surface area contributed by atoms with Crippen LogP contribution in [0.5, 0.6) is 0 Å². The Morgan fingerprint density at radius 2 is 2.26 bits per heavy atom. The Balaban J connectivity index is 2.01. The molecule has 1 saturated carbocycles. The fourth-order valence-electron chi connectivity index (χ4n) is 2.35. The second kappa shape index (κ2) is 5.72. The lowest BCUT2D eigenvalue weighted by Gasteiger charge is -2.40. The number of carbonyl (C=O) groups is 1. The van der Waals surface area contributed by atoms with Gasteiger partial charge in [-0.3, -0.25) is 4.79 Å². The molecule has 1 aliphatic carbocycles. The molecule has 100 valence electrons. The average Bonchev–Trinajstić information content (AvgIpc) is 2.36. The van der Waals surface area contributed by atoms with Crippen molar-refractivity contribution in [3.8, 4) is 6.07 Å². The maximum absolute atomic E-state index is 12.0. The molecule has 1 fully saturated rings. The molecule has 0 radical (unpaired) electrons. The van der Waals surface area contributed by atoms with Crippen molar-refractivity contribution in [2.45, 2.75) is 25.7 Å². The van der Waals surface area contributed by atoms with Gasteiger partial charge in [0, 0.05) is 10.9 Å². The van der Waals surface area contributed by atoms with Crippen LogP contribution in [0.15, 0.2) is 22.7 Å². The fraction of sp³-hybridized carbons (Fsp3) is 0.429. The van der Waals surface area contributed by atoms with E-state index < -0.39 is 0 Å². The first kappa shape index (κ1) is 14.0. The van der Waals surface area contributed by atoms with Gasteiger partial charge in [-0.15, -0.1) is 0 Å². The van der Waals surface area contributed by atoms with Gasteiger partial charge < -0.3 is 11.1 Å². The van der Waals surface area contributed by atoms with Gasteiger partial charge in [0.15, 0.2) is 0 Å². The minimum absolute atomic E-state index is 0.00313. The van der Waals surface area contributed by atoms with Gasteiger partial charge in [0.05, 0.1) is 17.3 Å². The van der Waals surface area contributed by atoms with E-state index in [1.54, 1.807) is 18.2 Å². The molecule has 0 unspecified atom stereocenters. The van der Waals surface area contributed by atoms with Crippen LogP contribution >= 0.6 is 15.9 Å². The molecule has 0 atom stereocenters. The minimum atomic E-state index is -0.0180. The van der Waals surface area contributed by atoms with Crippen LogP contribution < -0.4 is 11.1 Å². The molecule has 0 spiro atoms. The first-order chi connectivity index (χ1) is 9.08. The largest absolute Gasteiger partial charge is 0.330 e. The number of halogens is 1. The van der Waals surface area contributed by atoms with E-state index in [0.29, 0.717) is 24.2 Å². The second-order valence-electron chi connectivity index (χ2n) is 5.09. The zero-order valence-electron chi connectivity index (χ0n) is 10.6. The smallest absolute Gasteiger partial charge is 0.225 e. The molecule has 0 aromatic heterocycles. The highest BCUT2D eigenvalue weighted by atomic mass is 79.9. The summed E-state index contributed by atoms with van der Waals surface area (Å²) in [5, 5.41) is 11.7. The molecule has 0 aliphatic heterocycles. The highest BCUT2D eigenvalue weighted by Crippen LogP contribution is 2.43. The first-order valence-electron chi connectivity index (χ1n) is 6.28. The molecular formula is C14H16BrN3O. The second-order valence-corrected chi connectivity index (χ2v) is 5.94. The molecule has 3 N–H and O–H groups in total. The van der Waals surface area contributed by atoms with Crippen molar-refractivity contribution in [3.05, 3.63) is 28.2 Å². The quantitative estimate of drug-likeness (QED) is 0.894. The van der Waals surface area contributed by atoms with Crippen molar-refractivity contribution >= 4 is 27.5 Å². The lowest BCUT2D eigenvalue weighted by molar-refractivity contribution is -0.119. The number of benzene rings is 1. The summed E-state index contributed by atoms with van der Waals surface area (Å²) in [5.41, 5.74) is 7.00. The number of nitrogens with two attached hydrogens (primary N) is 1. The van der Waals surface area contributed by atoms with Crippen LogP contribution in [-0.4, -0.2) is 12.5 Å². The van der Waals surface area contributed by atoms with Gasteiger partial charge in [0.25, 0.3) is 0 Å². The highest BCUT2D eigenvalue weighted by molar-refractivity contribution is 9.10. The Bertz CT molecular complexity index is 526. The molecule has 0 saturated heterocycles. The van der Waals surface area contributed by atoms with E-state index in [0.717, 1.165) is 23.7 Å². The number of nitriles is 1. The van der Waals surface area contributed by atoms with Crippen molar-refractivity contribution < 1.29 is 4.79 Å². The monoisotopic (exact) mass is 321 g/mol. The molecule has 5 heteroatoms. The van der Waals surface area contributed by atoms with Crippen LogP contribution in [0, 0.1) is 16.7 Å². The number of rotatable bonds is 4. The SMILES string of the molecule is N#Cc1ccc(NC(=O)CC2(CN)CCC2)c(Br)c1. The molecule has 19 heavy (non-hydrogen) atoms. The van der Waals surface area contributed by atoms with Crippen molar-refractivity contribution in [2.24, 2.45) is 11.1 Å². The van der Waals surface area contributed by atoms with Gasteiger partial charge in [-0.2, -0.15) is 5.26 Å². The molecular weight excluding hydrogens is 306 g/mol. The summed E-state index contributed by atoms with van der Waals surface area (Å²) in [7, 11) is 0. The lowest BCUT2D eigenvalue weighted by atomic mass is 9.66. The predicted molar refractivity (Wildman–Crippen MR) is 77.4 cm³/mol. The van der Waals surface area contributed by atoms with E-state index in [-0.39, 0.29) is 11.3 Å². The van der Waals surface area contributed by atoms with Crippen LogP contribution in [-0.2, 0) is 4.79 Å². The molecule has 1 aliphatic rings. The Morgan fingerprint density at radius 1 is 1.53 bits per heavy atom. The number of hydrogen-bond donors (Lipinski definition) is 2. The highest BCUT2D eigenvalue weighted by Gasteiger charge is 2.37. The maximum Gasteiger partial charge on any atom is 0.225 e. The molecule has 0 bridgehead atoms. The molecule has 1 aromatic carbocycles. The predicted octanol–water partition coefficient (Wildman–Crippen LogP) is 2.78. The van der Waals surface area contributed by atoms with Crippen LogP contribution in [0.3, 0.4) is 0 Å². The number of nitrogens with zero attached hydrogens (tertiary/aromatic N) is 1. The maximum atomic E-state index is 12.0. The van der Waals surface area contributed by atoms with E-state index in [1.807, 2.05) is 0 Å². The Morgan fingerprint density at radius 3 is 2.74 bits per heavy atom. The van der Waals surface area contributed by atoms with E-state index in [2.05, 4.69) is 27.3 Å². The summed E-state index contributed by atoms with van der Waals surface area (Å²) >= 11 is 3.35. The molecule has 0 heterocycles. The van der Waals surface area contributed by atoms with Gasteiger partial charge in [0.1, 0.15) is 0 Å². The van der Waals surface area contributed by atoms with Crippen LogP contribution in [0.4, 0.5) is 5.69 Å². The third-order valence-corrected chi connectivity index (χ3v) is 4.41. The normalized spacial score (nSPS) is 16.3. The number of nitrogens with one attached hydrogen (secondary N) is 1. The Kier molecular flexibility index (Phi) is 4.23. The Hall–Kier alpha value is -1.38. The molecule has 1 amide bonds. The van der Waals surface area contributed by atoms with Crippen LogP contribution in [0.2, 0.25) is 0 Å². The number of hydrogen-bond acceptors (Lipinski definition) is 3. The minimum Gasteiger partial charge on any atom is -0.330 e. The number of carbonyl (C=O) groups excluding carboxylic acids is 1. The summed E-state index contributed by atoms with van der Waals surface area (Å²) in [6.07, 6.45) is 3.69. The van der Waals surface area contributed by atoms with Crippen molar-refractivity contribution in [3.63, 3.8) is 0 Å². The van der Waals surface area contributed by atoms with E-state index in [1.165, 1.54) is 0 Å². The summed E-state index contributed by atoms with van der Waals surface area (Å²) in [5.74, 6) is -0.0180. The van der Waals surface area contributed by atoms with Gasteiger partial charge in [0.2, 0.25) is 5.91 Å². The summed E-state index contributed by atoms with van der Waals surface area (Å²) in [6, 6.07) is 7.16. The number of amides is 1. The van der Waals surface area contributed by atoms with Crippen molar-refractivity contribution in [1.82, 2.24) is 0 Å². The summed E-state index contributed by atoms with van der Waals surface area (Å²) < 4.78 is 0.718. The van der Waals surface area contributed by atoms with Gasteiger partial charge in [-0.25, -0.2) is 0 Å². The summed E-state index contributed by atoms with van der Waals surface area (Å²) in [6.45, 7) is 0.564. The van der Waals surface area contributed by atoms with Crippen molar-refractivity contribution in [1.29, 1.82) is 5.26 Å². The van der Waals surface area contributed by atoms with Gasteiger partial charge in [-0.1, -0.05) is 6.42 Å². The van der Waals surface area contributed by atoms with Crippen LogP contribution in [0.1, 0.15) is 31.2 Å². The van der Waals surface area contributed by atoms with Gasteiger partial charge in [-0.05, 0) is 58.9 Å². The van der Waals surface area contributed by atoms with Gasteiger partial charge >= 0.3 is 0 Å². The van der Waals surface area contributed by atoms with E-state index in [4.69, 9.17) is 11.0 Å². The zero-order chi connectivity index (χ0) is 13.9. The van der Waals surface area contributed by atoms with E-state index >= 15 is 0 Å². The third-order valence-electron chi connectivity index (χ3n) is 3.76. The Labute approximate surface area is 121 Å². The van der Waals surface area contributed by atoms with Crippen molar-refractivity contribution in [2.75, 3.05) is 11.9 Å². The number of anilines is 1. The first-order valence-corrected chi connectivity index (χ1v) is 7.07. The molecule has 4 nitrogen and oxygen atoms in total. The fourth-order valence-corrected chi connectivity index (χ4v) is 2.83. The lowest BCUT2D eigenvalue weighted by Crippen LogP contribution is -2.40. The van der Waals surface area contributed by atoms with E-state index in [9.17, 15) is 4.79 Å². The topological polar surface area (TPSA) is 78.9 Å². The standard InChI is InChI=1S/C14H16BrN3O/c15-11-6-10(8-16)2-3-12(11)18-13(19)7-14(9-17)4-1-5-14/h2-3,6H,1,4-5,7,9,17H2,(H,18,19). The van der Waals surface area contributed by atoms with Crippen LogP contribution in [0.25, 0.3) is 0 Å².